The molecule has 0 saturated heterocycles. The van der Waals surface area contributed by atoms with Gasteiger partial charge in [0, 0.05) is 7.05 Å². The number of fused-ring (bicyclic) bond motifs is 1. The number of nitrogens with zero attached hydrogens (tertiary/aromatic N) is 4. The van der Waals surface area contributed by atoms with Crippen LogP contribution in [-0.4, -0.2) is 19.5 Å². The molecule has 4 aromatic rings. The Balaban J connectivity index is 1.88. The molecule has 0 fully saturated rings. The zero-order valence-electron chi connectivity index (χ0n) is 16.9. The van der Waals surface area contributed by atoms with Gasteiger partial charge in [0.15, 0.2) is 28.7 Å². The predicted octanol–water partition coefficient (Wildman–Crippen LogP) is 6.17. The van der Waals surface area contributed by atoms with Gasteiger partial charge in [0.2, 0.25) is 5.82 Å². The van der Waals surface area contributed by atoms with Crippen molar-refractivity contribution in [1.29, 1.82) is 0 Å². The van der Waals surface area contributed by atoms with Gasteiger partial charge in [-0.1, -0.05) is 18.2 Å². The van der Waals surface area contributed by atoms with Gasteiger partial charge in [0.1, 0.15) is 5.82 Å². The van der Waals surface area contributed by atoms with E-state index in [-0.39, 0.29) is 5.69 Å². The predicted molar refractivity (Wildman–Crippen MR) is 106 cm³/mol. The van der Waals surface area contributed by atoms with Crippen LogP contribution < -0.4 is 10.6 Å². The summed E-state index contributed by atoms with van der Waals surface area (Å²) in [6.45, 7) is 0. The monoisotopic (exact) mass is 488 g/mol. The third kappa shape index (κ3) is 4.30. The second kappa shape index (κ2) is 8.11. The zero-order chi connectivity index (χ0) is 24.8. The lowest BCUT2D eigenvalue weighted by molar-refractivity contribution is -0.146. The Hall–Kier alpha value is -3.97. The summed E-state index contributed by atoms with van der Waals surface area (Å²) in [5.41, 5.74) is -3.31. The van der Waals surface area contributed by atoms with Crippen LogP contribution in [0.15, 0.2) is 42.5 Å². The van der Waals surface area contributed by atoms with Gasteiger partial charge in [-0.3, -0.25) is 0 Å². The number of aryl methyl sites for hydroxylation is 1. The summed E-state index contributed by atoms with van der Waals surface area (Å²) in [7, 11) is 1.01. The van der Waals surface area contributed by atoms with Crippen molar-refractivity contribution in [3.8, 4) is 0 Å². The minimum absolute atomic E-state index is 0.171. The lowest BCUT2D eigenvalue weighted by atomic mass is 10.1. The smallest absolute Gasteiger partial charge is 0.335 e. The Bertz CT molecular complexity index is 1380. The average molecular weight is 488 g/mol. The molecule has 0 atom stereocenters. The Kier molecular flexibility index (Phi) is 5.53. The molecule has 0 bridgehead atoms. The lowest BCUT2D eigenvalue weighted by Crippen LogP contribution is -2.13. The van der Waals surface area contributed by atoms with Gasteiger partial charge in [0.25, 0.3) is 0 Å². The number of benzene rings is 2. The molecule has 0 aliphatic carbocycles. The number of hydrogen-bond donors (Lipinski definition) is 2. The molecule has 34 heavy (non-hydrogen) atoms. The van der Waals surface area contributed by atoms with Crippen molar-refractivity contribution in [3.05, 3.63) is 65.5 Å². The van der Waals surface area contributed by atoms with Crippen LogP contribution in [0.1, 0.15) is 11.4 Å². The van der Waals surface area contributed by atoms with E-state index in [1.165, 1.54) is 18.2 Å². The van der Waals surface area contributed by atoms with E-state index < -0.39 is 64.0 Å². The third-order valence-corrected chi connectivity index (χ3v) is 4.64. The second-order valence-corrected chi connectivity index (χ2v) is 6.95. The molecule has 6 nitrogen and oxygen atoms in total. The van der Waals surface area contributed by atoms with Gasteiger partial charge >= 0.3 is 12.4 Å². The van der Waals surface area contributed by atoms with Crippen molar-refractivity contribution in [2.24, 2.45) is 7.05 Å². The van der Waals surface area contributed by atoms with Crippen molar-refractivity contribution >= 4 is 34.3 Å². The summed E-state index contributed by atoms with van der Waals surface area (Å²) in [6.07, 6.45) is -9.87. The first-order chi connectivity index (χ1) is 15.9. The highest BCUT2D eigenvalue weighted by atomic mass is 19.4. The molecule has 0 aliphatic heterocycles. The number of hydrogen-bond acceptors (Lipinski definition) is 5. The van der Waals surface area contributed by atoms with E-state index in [2.05, 4.69) is 25.6 Å². The highest BCUT2D eigenvalue weighted by molar-refractivity contribution is 5.80. The first-order valence-corrected chi connectivity index (χ1v) is 9.32. The maximum atomic E-state index is 14.6. The molecule has 0 spiro atoms. The molecule has 2 aromatic carbocycles. The van der Waals surface area contributed by atoms with Crippen LogP contribution in [0.25, 0.3) is 11.3 Å². The molecule has 2 N–H and O–H groups in total. The maximum absolute atomic E-state index is 14.6. The normalized spacial score (nSPS) is 12.3. The van der Waals surface area contributed by atoms with Crippen molar-refractivity contribution in [2.45, 2.75) is 12.4 Å². The number of rotatable bonds is 4. The van der Waals surface area contributed by atoms with Gasteiger partial charge in [-0.15, -0.1) is 0 Å². The van der Waals surface area contributed by atoms with E-state index in [9.17, 15) is 35.1 Å². The number of aromatic nitrogens is 4. The van der Waals surface area contributed by atoms with Crippen molar-refractivity contribution in [1.82, 2.24) is 19.5 Å². The topological polar surface area (TPSA) is 67.7 Å². The number of halogens is 8. The van der Waals surface area contributed by atoms with Gasteiger partial charge in [-0.25, -0.2) is 23.7 Å². The molecule has 178 valence electrons. The van der Waals surface area contributed by atoms with E-state index in [0.29, 0.717) is 10.6 Å². The average Bonchev–Trinajstić information content (AvgIpc) is 3.06. The number of alkyl halides is 6. The SMILES string of the molecule is Cn1c(C(F)(F)F)nc2nc(Nc3ccccc3F)c(Nc3cccc(C(F)(F)F)c3F)nc21. The van der Waals surface area contributed by atoms with Crippen molar-refractivity contribution < 1.29 is 35.1 Å². The van der Waals surface area contributed by atoms with Crippen LogP contribution >= 0.6 is 0 Å². The van der Waals surface area contributed by atoms with Gasteiger partial charge in [-0.05, 0) is 24.3 Å². The molecular formula is C20H12F8N6. The Labute approximate surface area is 185 Å². The highest BCUT2D eigenvalue weighted by Gasteiger charge is 2.38. The molecular weight excluding hydrogens is 476 g/mol. The molecule has 0 radical (unpaired) electrons. The van der Waals surface area contributed by atoms with Crippen LogP contribution in [0.2, 0.25) is 0 Å². The van der Waals surface area contributed by atoms with E-state index >= 15 is 0 Å². The van der Waals surface area contributed by atoms with Crippen LogP contribution in [-0.2, 0) is 19.4 Å². The summed E-state index contributed by atoms with van der Waals surface area (Å²) >= 11 is 0. The summed E-state index contributed by atoms with van der Waals surface area (Å²) in [6, 6.07) is 7.58. The molecule has 0 aliphatic rings. The second-order valence-electron chi connectivity index (χ2n) is 6.95. The highest BCUT2D eigenvalue weighted by Crippen LogP contribution is 2.37. The van der Waals surface area contributed by atoms with Gasteiger partial charge < -0.3 is 15.2 Å². The Morgan fingerprint density at radius 1 is 0.735 bits per heavy atom. The first kappa shape index (κ1) is 23.2. The largest absolute Gasteiger partial charge is 0.449 e. The van der Waals surface area contributed by atoms with Crippen LogP contribution in [0.5, 0.6) is 0 Å². The van der Waals surface area contributed by atoms with E-state index in [1.807, 2.05) is 0 Å². The molecule has 0 amide bonds. The van der Waals surface area contributed by atoms with Crippen molar-refractivity contribution in [3.63, 3.8) is 0 Å². The van der Waals surface area contributed by atoms with E-state index in [4.69, 9.17) is 0 Å². The fraction of sp³-hybridized carbons (Fsp3) is 0.150. The zero-order valence-corrected chi connectivity index (χ0v) is 16.9. The van der Waals surface area contributed by atoms with Gasteiger partial charge in [0.05, 0.1) is 16.9 Å². The van der Waals surface area contributed by atoms with Crippen LogP contribution in [0.4, 0.5) is 58.1 Å². The maximum Gasteiger partial charge on any atom is 0.449 e. The first-order valence-electron chi connectivity index (χ1n) is 9.32. The van der Waals surface area contributed by atoms with Gasteiger partial charge in [-0.2, -0.15) is 26.3 Å². The summed E-state index contributed by atoms with van der Waals surface area (Å²) in [4.78, 5) is 11.3. The molecule has 0 unspecified atom stereocenters. The lowest BCUT2D eigenvalue weighted by Gasteiger charge is -2.15. The van der Waals surface area contributed by atoms with Crippen molar-refractivity contribution in [2.75, 3.05) is 10.6 Å². The molecule has 2 heterocycles. The molecule has 4 rings (SSSR count). The third-order valence-electron chi connectivity index (χ3n) is 4.64. The van der Waals surface area contributed by atoms with E-state index in [0.717, 1.165) is 25.2 Å². The molecule has 2 aromatic heterocycles. The fourth-order valence-electron chi connectivity index (χ4n) is 3.09. The quantitative estimate of drug-likeness (QED) is 0.337. The minimum Gasteiger partial charge on any atom is -0.335 e. The fourth-order valence-corrected chi connectivity index (χ4v) is 3.09. The number of anilines is 4. The number of imidazole rings is 1. The standard InChI is InChI=1S/C20H12F8N6/c1-34-17-16(33-18(34)20(26,27)28)31-14(29-11-7-3-2-6-10(11)21)15(32-17)30-12-8-4-5-9(13(12)22)19(23,24)25/h2-8H,1H3,(H,29,31)(H,30,32). The minimum atomic E-state index is -5.00. The Morgan fingerprint density at radius 3 is 2.00 bits per heavy atom. The molecule has 0 saturated carbocycles. The summed E-state index contributed by atoms with van der Waals surface area (Å²) in [5.74, 6) is -4.65. The summed E-state index contributed by atoms with van der Waals surface area (Å²) < 4.78 is 108. The van der Waals surface area contributed by atoms with Crippen LogP contribution in [0, 0.1) is 11.6 Å². The van der Waals surface area contributed by atoms with Crippen LogP contribution in [0.3, 0.4) is 0 Å². The number of para-hydroxylation sites is 1. The Morgan fingerprint density at radius 2 is 1.35 bits per heavy atom. The van der Waals surface area contributed by atoms with E-state index in [1.54, 1.807) is 0 Å². The summed E-state index contributed by atoms with van der Waals surface area (Å²) in [5, 5.41) is 4.80. The molecule has 14 heteroatoms. The number of nitrogens with one attached hydrogen (secondary N) is 2.